The highest BCUT2D eigenvalue weighted by Gasteiger charge is 2.35. The van der Waals surface area contributed by atoms with Crippen molar-refractivity contribution >= 4 is 17.6 Å². The summed E-state index contributed by atoms with van der Waals surface area (Å²) in [6.45, 7) is 2.50. The van der Waals surface area contributed by atoms with Crippen LogP contribution in [0.3, 0.4) is 0 Å². The van der Waals surface area contributed by atoms with Crippen molar-refractivity contribution < 1.29 is 14.3 Å². The molecule has 5 heteroatoms. The lowest BCUT2D eigenvalue weighted by Crippen LogP contribution is -2.26. The summed E-state index contributed by atoms with van der Waals surface area (Å²) in [6.07, 6.45) is 4.60. The van der Waals surface area contributed by atoms with Gasteiger partial charge < -0.3 is 9.64 Å². The Balaban J connectivity index is 1.67. The zero-order valence-electron chi connectivity index (χ0n) is 13.6. The van der Waals surface area contributed by atoms with Gasteiger partial charge in [0.15, 0.2) is 0 Å². The Morgan fingerprint density at radius 1 is 1.17 bits per heavy atom. The van der Waals surface area contributed by atoms with Crippen molar-refractivity contribution in [3.05, 3.63) is 59.9 Å². The van der Waals surface area contributed by atoms with Gasteiger partial charge in [0.1, 0.15) is 0 Å². The molecule has 2 aromatic rings. The Kier molecular flexibility index (Phi) is 4.89. The first-order valence-electron chi connectivity index (χ1n) is 8.12. The smallest absolute Gasteiger partial charge is 0.311 e. The Hall–Kier alpha value is -2.69. The van der Waals surface area contributed by atoms with Gasteiger partial charge in [-0.1, -0.05) is 12.1 Å². The van der Waals surface area contributed by atoms with Gasteiger partial charge >= 0.3 is 5.97 Å². The SMILES string of the molecule is CCOC(=O)[C@H]1CC(=O)N(c2ccc(Cc3ccncc3)cc2)C1. The summed E-state index contributed by atoms with van der Waals surface area (Å²) in [5.41, 5.74) is 3.18. The number of ether oxygens (including phenoxy) is 1. The van der Waals surface area contributed by atoms with E-state index in [2.05, 4.69) is 4.98 Å². The zero-order valence-corrected chi connectivity index (χ0v) is 13.6. The zero-order chi connectivity index (χ0) is 16.9. The van der Waals surface area contributed by atoms with E-state index < -0.39 is 0 Å². The maximum absolute atomic E-state index is 12.2. The van der Waals surface area contributed by atoms with Crippen LogP contribution in [0.25, 0.3) is 0 Å². The molecule has 0 spiro atoms. The maximum Gasteiger partial charge on any atom is 0.311 e. The van der Waals surface area contributed by atoms with Crippen LogP contribution in [0.5, 0.6) is 0 Å². The second kappa shape index (κ2) is 7.25. The molecule has 1 aliphatic heterocycles. The predicted molar refractivity (Wildman–Crippen MR) is 90.6 cm³/mol. The van der Waals surface area contributed by atoms with E-state index in [0.717, 1.165) is 12.1 Å². The van der Waals surface area contributed by atoms with Crippen LogP contribution in [0.15, 0.2) is 48.8 Å². The molecule has 1 saturated heterocycles. The van der Waals surface area contributed by atoms with E-state index in [1.165, 1.54) is 11.1 Å². The van der Waals surface area contributed by atoms with Gasteiger partial charge in [0.2, 0.25) is 5.91 Å². The number of amides is 1. The number of carbonyl (C=O) groups excluding carboxylic acids is 2. The van der Waals surface area contributed by atoms with Crippen LogP contribution in [0, 0.1) is 5.92 Å². The van der Waals surface area contributed by atoms with Crippen molar-refractivity contribution in [1.82, 2.24) is 4.98 Å². The van der Waals surface area contributed by atoms with Crippen molar-refractivity contribution in [3.63, 3.8) is 0 Å². The van der Waals surface area contributed by atoms with Gasteiger partial charge in [-0.05, 0) is 48.7 Å². The maximum atomic E-state index is 12.2. The first-order chi connectivity index (χ1) is 11.7. The van der Waals surface area contributed by atoms with E-state index in [1.54, 1.807) is 24.2 Å². The topological polar surface area (TPSA) is 59.5 Å². The van der Waals surface area contributed by atoms with Crippen molar-refractivity contribution in [2.75, 3.05) is 18.1 Å². The first-order valence-corrected chi connectivity index (χ1v) is 8.12. The normalized spacial score (nSPS) is 17.1. The van der Waals surface area contributed by atoms with Gasteiger partial charge in [0.25, 0.3) is 0 Å². The third-order valence-electron chi connectivity index (χ3n) is 4.15. The van der Waals surface area contributed by atoms with E-state index in [1.807, 2.05) is 36.4 Å². The highest BCUT2D eigenvalue weighted by molar-refractivity contribution is 5.99. The van der Waals surface area contributed by atoms with Crippen LogP contribution in [-0.2, 0) is 20.7 Å². The number of aromatic nitrogens is 1. The number of benzene rings is 1. The molecule has 1 amide bonds. The molecule has 2 heterocycles. The summed E-state index contributed by atoms with van der Waals surface area (Å²) >= 11 is 0. The van der Waals surface area contributed by atoms with Crippen LogP contribution < -0.4 is 4.90 Å². The molecule has 0 radical (unpaired) electrons. The van der Waals surface area contributed by atoms with Crippen LogP contribution in [-0.4, -0.2) is 30.0 Å². The second-order valence-electron chi connectivity index (χ2n) is 5.86. The molecule has 1 atom stereocenters. The van der Waals surface area contributed by atoms with E-state index in [9.17, 15) is 9.59 Å². The predicted octanol–water partition coefficient (Wildman–Crippen LogP) is 2.59. The standard InChI is InChI=1S/C19H20N2O3/c1-2-24-19(23)16-12-18(22)21(13-16)17-5-3-14(4-6-17)11-15-7-9-20-10-8-15/h3-10,16H,2,11-13H2,1H3/t16-/m0/s1. The van der Waals surface area contributed by atoms with Crippen LogP contribution in [0.4, 0.5) is 5.69 Å². The Morgan fingerprint density at radius 2 is 1.83 bits per heavy atom. The van der Waals surface area contributed by atoms with Gasteiger partial charge in [-0.15, -0.1) is 0 Å². The molecule has 5 nitrogen and oxygen atoms in total. The minimum absolute atomic E-state index is 0.0325. The summed E-state index contributed by atoms with van der Waals surface area (Å²) in [6, 6.07) is 11.9. The summed E-state index contributed by atoms with van der Waals surface area (Å²) < 4.78 is 5.02. The Morgan fingerprint density at radius 3 is 2.50 bits per heavy atom. The molecule has 0 N–H and O–H groups in total. The molecule has 0 aliphatic carbocycles. The third-order valence-corrected chi connectivity index (χ3v) is 4.15. The fraction of sp³-hybridized carbons (Fsp3) is 0.316. The molecule has 1 aromatic carbocycles. The Labute approximate surface area is 141 Å². The summed E-state index contributed by atoms with van der Waals surface area (Å²) in [5, 5.41) is 0. The number of anilines is 1. The summed E-state index contributed by atoms with van der Waals surface area (Å²) in [5.74, 6) is -0.688. The molecule has 124 valence electrons. The first kappa shape index (κ1) is 16.2. The molecule has 1 fully saturated rings. The van der Waals surface area contributed by atoms with E-state index >= 15 is 0 Å². The average molecular weight is 324 g/mol. The number of carbonyl (C=O) groups is 2. The van der Waals surface area contributed by atoms with E-state index in [4.69, 9.17) is 4.74 Å². The molecule has 1 aromatic heterocycles. The highest BCUT2D eigenvalue weighted by atomic mass is 16.5. The van der Waals surface area contributed by atoms with Gasteiger partial charge in [-0.25, -0.2) is 0 Å². The second-order valence-corrected chi connectivity index (χ2v) is 5.86. The highest BCUT2D eigenvalue weighted by Crippen LogP contribution is 2.26. The molecule has 24 heavy (non-hydrogen) atoms. The van der Waals surface area contributed by atoms with E-state index in [0.29, 0.717) is 13.2 Å². The van der Waals surface area contributed by atoms with E-state index in [-0.39, 0.29) is 24.2 Å². The molecule has 3 rings (SSSR count). The fourth-order valence-electron chi connectivity index (χ4n) is 2.91. The molecule has 0 bridgehead atoms. The van der Waals surface area contributed by atoms with Crippen LogP contribution in [0.1, 0.15) is 24.5 Å². The lowest BCUT2D eigenvalue weighted by molar-refractivity contribution is -0.147. The molecular formula is C19H20N2O3. The third kappa shape index (κ3) is 3.62. The lowest BCUT2D eigenvalue weighted by Gasteiger charge is -2.17. The number of hydrogen-bond donors (Lipinski definition) is 0. The summed E-state index contributed by atoms with van der Waals surface area (Å²) in [4.78, 5) is 29.7. The number of esters is 1. The van der Waals surface area contributed by atoms with Gasteiger partial charge in [0.05, 0.1) is 12.5 Å². The number of hydrogen-bond acceptors (Lipinski definition) is 4. The van der Waals surface area contributed by atoms with Crippen LogP contribution in [0.2, 0.25) is 0 Å². The molecular weight excluding hydrogens is 304 g/mol. The van der Waals surface area contributed by atoms with Crippen molar-refractivity contribution in [3.8, 4) is 0 Å². The van der Waals surface area contributed by atoms with Crippen molar-refractivity contribution in [1.29, 1.82) is 0 Å². The van der Waals surface area contributed by atoms with Gasteiger partial charge in [0, 0.05) is 31.0 Å². The van der Waals surface area contributed by atoms with Crippen molar-refractivity contribution in [2.24, 2.45) is 5.92 Å². The monoisotopic (exact) mass is 324 g/mol. The fourth-order valence-corrected chi connectivity index (χ4v) is 2.91. The summed E-state index contributed by atoms with van der Waals surface area (Å²) in [7, 11) is 0. The molecule has 0 unspecified atom stereocenters. The lowest BCUT2D eigenvalue weighted by atomic mass is 10.1. The molecule has 0 saturated carbocycles. The Bertz CT molecular complexity index is 713. The minimum atomic E-state index is -0.367. The largest absolute Gasteiger partial charge is 0.466 e. The minimum Gasteiger partial charge on any atom is -0.466 e. The molecule has 1 aliphatic rings. The van der Waals surface area contributed by atoms with Gasteiger partial charge in [-0.3, -0.25) is 14.6 Å². The van der Waals surface area contributed by atoms with Gasteiger partial charge in [-0.2, -0.15) is 0 Å². The number of nitrogens with zero attached hydrogens (tertiary/aromatic N) is 2. The average Bonchev–Trinajstić information content (AvgIpc) is 2.99. The van der Waals surface area contributed by atoms with Crippen LogP contribution >= 0.6 is 0 Å². The quantitative estimate of drug-likeness (QED) is 0.793. The number of rotatable bonds is 5. The van der Waals surface area contributed by atoms with Crippen molar-refractivity contribution in [2.45, 2.75) is 19.8 Å². The number of pyridine rings is 1.